The van der Waals surface area contributed by atoms with E-state index in [-0.39, 0.29) is 17.5 Å². The van der Waals surface area contributed by atoms with Crippen molar-refractivity contribution in [3.05, 3.63) is 105 Å². The molecule has 0 saturated heterocycles. The van der Waals surface area contributed by atoms with Gasteiger partial charge in [0.15, 0.2) is 5.16 Å². The van der Waals surface area contributed by atoms with E-state index in [1.165, 1.54) is 11.1 Å². The molecule has 0 aliphatic heterocycles. The molecule has 3 aromatic carbocycles. The van der Waals surface area contributed by atoms with Crippen LogP contribution >= 0.6 is 11.8 Å². The van der Waals surface area contributed by atoms with Gasteiger partial charge in [-0.15, -0.1) is 10.2 Å². The third kappa shape index (κ3) is 5.02. The molecule has 2 aromatic heterocycles. The maximum atomic E-state index is 13.7. The fourth-order valence-corrected chi connectivity index (χ4v) is 5.31. The Bertz CT molecular complexity index is 1670. The first-order valence-corrected chi connectivity index (χ1v) is 13.3. The molecule has 5 rings (SSSR count). The first-order chi connectivity index (χ1) is 17.8. The van der Waals surface area contributed by atoms with Gasteiger partial charge in [0.05, 0.1) is 17.4 Å². The smallest absolute Gasteiger partial charge is 0.263 e. The predicted molar refractivity (Wildman–Crippen MR) is 148 cm³/mol. The number of hydrogen-bond acceptors (Lipinski definition) is 5. The second-order valence-corrected chi connectivity index (χ2v) is 10.5. The summed E-state index contributed by atoms with van der Waals surface area (Å²) in [6.07, 6.45) is 0. The summed E-state index contributed by atoms with van der Waals surface area (Å²) in [6, 6.07) is 21.5. The van der Waals surface area contributed by atoms with Gasteiger partial charge >= 0.3 is 0 Å². The van der Waals surface area contributed by atoms with E-state index in [2.05, 4.69) is 34.6 Å². The average Bonchev–Trinajstić information content (AvgIpc) is 3.30. The fraction of sp³-hybridized carbons (Fsp3) is 0.241. The summed E-state index contributed by atoms with van der Waals surface area (Å²) in [6.45, 7) is 8.33. The molecule has 1 amide bonds. The summed E-state index contributed by atoms with van der Waals surface area (Å²) in [5.74, 6) is 0.974. The second-order valence-electron chi connectivity index (χ2n) is 9.57. The second kappa shape index (κ2) is 10.2. The molecule has 0 radical (unpaired) electrons. The molecule has 8 heteroatoms. The van der Waals surface area contributed by atoms with Crippen molar-refractivity contribution in [2.24, 2.45) is 0 Å². The molecule has 37 heavy (non-hydrogen) atoms. The van der Waals surface area contributed by atoms with Crippen LogP contribution in [0.15, 0.2) is 76.7 Å². The van der Waals surface area contributed by atoms with Crippen LogP contribution in [0.4, 0.5) is 0 Å². The van der Waals surface area contributed by atoms with Crippen molar-refractivity contribution in [1.82, 2.24) is 24.5 Å². The standard InChI is InChI=1S/C29H29N5O2S/c1-18(2)30-26(35)22-13-14-24-25(15-22)34-28(33(27(24)36)16-21-11-9-19(3)10-12-21)31-32-29(34)37-17-23-8-6-5-7-20(23)4/h5-15,18H,16-17H2,1-4H3,(H,30,35). The van der Waals surface area contributed by atoms with Crippen molar-refractivity contribution >= 4 is 34.3 Å². The number of nitrogens with one attached hydrogen (secondary N) is 1. The van der Waals surface area contributed by atoms with Crippen LogP contribution in [0.25, 0.3) is 16.7 Å². The largest absolute Gasteiger partial charge is 0.350 e. The van der Waals surface area contributed by atoms with E-state index in [0.29, 0.717) is 39.7 Å². The Morgan fingerprint density at radius 3 is 2.49 bits per heavy atom. The number of nitrogens with zero attached hydrogens (tertiary/aromatic N) is 4. The zero-order valence-electron chi connectivity index (χ0n) is 21.4. The molecule has 1 N–H and O–H groups in total. The predicted octanol–water partition coefficient (Wildman–Crippen LogP) is 5.14. The van der Waals surface area contributed by atoms with Crippen LogP contribution in [0, 0.1) is 13.8 Å². The van der Waals surface area contributed by atoms with Crippen LogP contribution in [-0.4, -0.2) is 31.1 Å². The summed E-state index contributed by atoms with van der Waals surface area (Å²) in [4.78, 5) is 26.5. The van der Waals surface area contributed by atoms with E-state index >= 15 is 0 Å². The molecule has 0 aliphatic rings. The Morgan fingerprint density at radius 1 is 1.00 bits per heavy atom. The van der Waals surface area contributed by atoms with Gasteiger partial charge in [-0.25, -0.2) is 0 Å². The minimum absolute atomic E-state index is 0.000802. The van der Waals surface area contributed by atoms with Gasteiger partial charge in [-0.3, -0.25) is 18.6 Å². The van der Waals surface area contributed by atoms with Crippen LogP contribution in [0.3, 0.4) is 0 Å². The minimum atomic E-state index is -0.184. The number of aryl methyl sites for hydroxylation is 2. The molecule has 0 fully saturated rings. The van der Waals surface area contributed by atoms with E-state index in [1.54, 1.807) is 34.5 Å². The zero-order chi connectivity index (χ0) is 26.1. The normalized spacial score (nSPS) is 11.5. The number of thioether (sulfide) groups is 1. The SMILES string of the molecule is Cc1ccc(Cn2c(=O)c3ccc(C(=O)NC(C)C)cc3n3c(SCc4ccccc4C)nnc23)cc1. The third-order valence-corrected chi connectivity index (χ3v) is 7.31. The molecule has 5 aromatic rings. The van der Waals surface area contributed by atoms with Gasteiger partial charge in [0.2, 0.25) is 5.78 Å². The summed E-state index contributed by atoms with van der Waals surface area (Å²) >= 11 is 1.56. The maximum absolute atomic E-state index is 13.7. The van der Waals surface area contributed by atoms with Crippen molar-refractivity contribution in [2.75, 3.05) is 0 Å². The molecule has 0 aliphatic carbocycles. The number of rotatable bonds is 7. The molecule has 0 spiro atoms. The summed E-state index contributed by atoms with van der Waals surface area (Å²) in [7, 11) is 0. The van der Waals surface area contributed by atoms with Gasteiger partial charge in [0.1, 0.15) is 0 Å². The van der Waals surface area contributed by atoms with Crippen molar-refractivity contribution < 1.29 is 4.79 Å². The van der Waals surface area contributed by atoms with E-state index in [1.807, 2.05) is 61.6 Å². The number of carbonyl (C=O) groups excluding carboxylic acids is 1. The number of aromatic nitrogens is 4. The van der Waals surface area contributed by atoms with E-state index < -0.39 is 0 Å². The molecule has 7 nitrogen and oxygen atoms in total. The van der Waals surface area contributed by atoms with Gasteiger partial charge in [0.25, 0.3) is 11.5 Å². The maximum Gasteiger partial charge on any atom is 0.263 e. The number of carbonyl (C=O) groups is 1. The summed E-state index contributed by atoms with van der Waals surface area (Å²) in [5, 5.41) is 13.1. The quantitative estimate of drug-likeness (QED) is 0.306. The molecular formula is C29H29N5O2S. The highest BCUT2D eigenvalue weighted by Crippen LogP contribution is 2.26. The van der Waals surface area contributed by atoms with E-state index in [9.17, 15) is 9.59 Å². The number of amides is 1. The first kappa shape index (κ1) is 24.8. The fourth-order valence-electron chi connectivity index (χ4n) is 4.29. The lowest BCUT2D eigenvalue weighted by Gasteiger charge is -2.13. The molecule has 188 valence electrons. The highest BCUT2D eigenvalue weighted by molar-refractivity contribution is 7.98. The Labute approximate surface area is 219 Å². The van der Waals surface area contributed by atoms with Crippen LogP contribution in [0.1, 0.15) is 46.5 Å². The van der Waals surface area contributed by atoms with Crippen molar-refractivity contribution in [2.45, 2.75) is 51.2 Å². The Balaban J connectivity index is 1.67. The lowest BCUT2D eigenvalue weighted by Crippen LogP contribution is -2.30. The summed E-state index contributed by atoms with van der Waals surface area (Å²) < 4.78 is 3.56. The lowest BCUT2D eigenvalue weighted by molar-refractivity contribution is 0.0943. The van der Waals surface area contributed by atoms with Gasteiger partial charge in [-0.05, 0) is 62.6 Å². The van der Waals surface area contributed by atoms with Crippen LogP contribution in [0.5, 0.6) is 0 Å². The van der Waals surface area contributed by atoms with Gasteiger partial charge < -0.3 is 5.32 Å². The topological polar surface area (TPSA) is 81.3 Å². The highest BCUT2D eigenvalue weighted by atomic mass is 32.2. The van der Waals surface area contributed by atoms with Gasteiger partial charge in [-0.2, -0.15) is 0 Å². The van der Waals surface area contributed by atoms with Gasteiger partial charge in [-0.1, -0.05) is 65.9 Å². The number of benzene rings is 3. The molecular weight excluding hydrogens is 482 g/mol. The monoisotopic (exact) mass is 511 g/mol. The van der Waals surface area contributed by atoms with Crippen LogP contribution < -0.4 is 10.9 Å². The molecule has 0 atom stereocenters. The third-order valence-electron chi connectivity index (χ3n) is 6.33. The Kier molecular flexibility index (Phi) is 6.84. The average molecular weight is 512 g/mol. The van der Waals surface area contributed by atoms with E-state index in [4.69, 9.17) is 0 Å². The van der Waals surface area contributed by atoms with E-state index in [0.717, 1.165) is 11.1 Å². The first-order valence-electron chi connectivity index (χ1n) is 12.3. The van der Waals surface area contributed by atoms with Crippen molar-refractivity contribution in [1.29, 1.82) is 0 Å². The highest BCUT2D eigenvalue weighted by Gasteiger charge is 2.19. The van der Waals surface area contributed by atoms with Crippen molar-refractivity contribution in [3.8, 4) is 0 Å². The Hall–Kier alpha value is -3.91. The summed E-state index contributed by atoms with van der Waals surface area (Å²) in [5.41, 5.74) is 5.51. The molecule has 2 heterocycles. The number of fused-ring (bicyclic) bond motifs is 3. The minimum Gasteiger partial charge on any atom is -0.350 e. The number of hydrogen-bond donors (Lipinski definition) is 1. The zero-order valence-corrected chi connectivity index (χ0v) is 22.2. The lowest BCUT2D eigenvalue weighted by atomic mass is 10.1. The molecule has 0 saturated carbocycles. The van der Waals surface area contributed by atoms with Crippen molar-refractivity contribution in [3.63, 3.8) is 0 Å². The molecule has 0 bridgehead atoms. The van der Waals surface area contributed by atoms with Gasteiger partial charge in [0, 0.05) is 17.4 Å². The molecule has 0 unspecified atom stereocenters. The van der Waals surface area contributed by atoms with Crippen LogP contribution in [0.2, 0.25) is 0 Å². The van der Waals surface area contributed by atoms with Crippen LogP contribution in [-0.2, 0) is 12.3 Å². The Morgan fingerprint density at radius 2 is 1.76 bits per heavy atom.